The highest BCUT2D eigenvalue weighted by Gasteiger charge is 1.90. The molecule has 0 aliphatic heterocycles. The molecule has 0 nitrogen and oxygen atoms in total. The maximum atomic E-state index is 2.39. The normalized spacial score (nSPS) is 12.1. The van der Waals surface area contributed by atoms with E-state index in [9.17, 15) is 0 Å². The minimum atomic E-state index is 1.07. The first kappa shape index (κ1) is 16.2. The predicted molar refractivity (Wildman–Crippen MR) is 79.8 cm³/mol. The maximum Gasteiger partial charge on any atom is -0.0319 e. The molecule has 0 saturated heterocycles. The van der Waals surface area contributed by atoms with E-state index in [0.29, 0.717) is 0 Å². The van der Waals surface area contributed by atoms with Gasteiger partial charge in [-0.25, -0.2) is 0 Å². The van der Waals surface area contributed by atoms with Gasteiger partial charge in [-0.05, 0) is 19.0 Å². The van der Waals surface area contributed by atoms with Crippen molar-refractivity contribution >= 4 is 8.58 Å². The van der Waals surface area contributed by atoms with E-state index in [-0.39, 0.29) is 0 Å². The fourth-order valence-electron chi connectivity index (χ4n) is 1.78. The van der Waals surface area contributed by atoms with Crippen molar-refractivity contribution in [2.45, 2.75) is 78.1 Å². The fourth-order valence-corrected chi connectivity index (χ4v) is 2.73. The first-order valence-corrected chi connectivity index (χ1v) is 8.58. The Morgan fingerprint density at radius 3 is 2.00 bits per heavy atom. The molecule has 0 fully saturated rings. The molecule has 1 unspecified atom stereocenters. The van der Waals surface area contributed by atoms with E-state index in [4.69, 9.17) is 0 Å². The zero-order valence-electron chi connectivity index (χ0n) is 11.4. The number of unbranched alkanes of at least 4 members (excludes halogenated alkanes) is 8. The maximum absolute atomic E-state index is 2.39. The van der Waals surface area contributed by atoms with Gasteiger partial charge in [0, 0.05) is 0 Å². The largest absolute Gasteiger partial charge is 0.0987 e. The van der Waals surface area contributed by atoms with Gasteiger partial charge in [0.2, 0.25) is 0 Å². The van der Waals surface area contributed by atoms with Crippen LogP contribution in [-0.4, -0.2) is 6.16 Å². The SMILES string of the molecule is CCCC=CPCCCCCCCCCC. The summed E-state index contributed by atoms with van der Waals surface area (Å²) in [5.41, 5.74) is 0. The first-order valence-electron chi connectivity index (χ1n) is 7.30. The van der Waals surface area contributed by atoms with E-state index in [1.807, 2.05) is 0 Å². The van der Waals surface area contributed by atoms with Crippen LogP contribution >= 0.6 is 8.58 Å². The summed E-state index contributed by atoms with van der Waals surface area (Å²) in [5.74, 6) is 2.39. The molecule has 0 aliphatic rings. The quantitative estimate of drug-likeness (QED) is 0.286. The molecule has 0 heterocycles. The molecule has 0 amide bonds. The smallest absolute Gasteiger partial charge is 0.0319 e. The Morgan fingerprint density at radius 2 is 1.38 bits per heavy atom. The van der Waals surface area contributed by atoms with Gasteiger partial charge in [0.05, 0.1) is 0 Å². The molecular formula is C15H31P. The van der Waals surface area contributed by atoms with Crippen LogP contribution < -0.4 is 0 Å². The summed E-state index contributed by atoms with van der Waals surface area (Å²) in [6, 6.07) is 0. The van der Waals surface area contributed by atoms with E-state index in [0.717, 1.165) is 8.58 Å². The second-order valence-electron chi connectivity index (χ2n) is 4.62. The molecule has 0 aromatic carbocycles. The van der Waals surface area contributed by atoms with Gasteiger partial charge >= 0.3 is 0 Å². The molecule has 0 aromatic rings. The van der Waals surface area contributed by atoms with Crippen molar-refractivity contribution < 1.29 is 0 Å². The third kappa shape index (κ3) is 14.2. The lowest BCUT2D eigenvalue weighted by atomic mass is 10.1. The summed E-state index contributed by atoms with van der Waals surface area (Å²) >= 11 is 0. The van der Waals surface area contributed by atoms with Gasteiger partial charge < -0.3 is 0 Å². The van der Waals surface area contributed by atoms with E-state index >= 15 is 0 Å². The molecule has 0 N–H and O–H groups in total. The molecule has 16 heavy (non-hydrogen) atoms. The molecule has 0 radical (unpaired) electrons. The Bertz CT molecular complexity index is 140. The van der Waals surface area contributed by atoms with E-state index in [2.05, 4.69) is 25.7 Å². The molecule has 1 heteroatoms. The lowest BCUT2D eigenvalue weighted by Gasteiger charge is -2.00. The van der Waals surface area contributed by atoms with E-state index in [1.165, 1.54) is 70.4 Å². The summed E-state index contributed by atoms with van der Waals surface area (Å²) in [6.07, 6.45) is 17.9. The van der Waals surface area contributed by atoms with Crippen molar-refractivity contribution in [1.82, 2.24) is 0 Å². The standard InChI is InChI=1S/C15H31P/c1-3-5-7-8-9-10-11-13-15-16-14-12-6-4-2/h12,14,16H,3-11,13,15H2,1-2H3. The third-order valence-electron chi connectivity index (χ3n) is 2.87. The summed E-state index contributed by atoms with van der Waals surface area (Å²) < 4.78 is 0. The lowest BCUT2D eigenvalue weighted by molar-refractivity contribution is 0.586. The van der Waals surface area contributed by atoms with Crippen molar-refractivity contribution in [2.75, 3.05) is 6.16 Å². The molecule has 0 bridgehead atoms. The summed E-state index contributed by atoms with van der Waals surface area (Å²) in [7, 11) is 1.07. The average Bonchev–Trinajstić information content (AvgIpc) is 2.31. The Labute approximate surface area is 105 Å². The highest BCUT2D eigenvalue weighted by atomic mass is 31.1. The van der Waals surface area contributed by atoms with Gasteiger partial charge in [-0.15, -0.1) is 0 Å². The Balaban J connectivity index is 2.93. The van der Waals surface area contributed by atoms with Crippen LogP contribution in [0.1, 0.15) is 78.1 Å². The van der Waals surface area contributed by atoms with Crippen molar-refractivity contribution in [1.29, 1.82) is 0 Å². The van der Waals surface area contributed by atoms with Gasteiger partial charge in [0.1, 0.15) is 0 Å². The summed E-state index contributed by atoms with van der Waals surface area (Å²) in [4.78, 5) is 0. The van der Waals surface area contributed by atoms with Gasteiger partial charge in [-0.3, -0.25) is 0 Å². The Morgan fingerprint density at radius 1 is 0.750 bits per heavy atom. The van der Waals surface area contributed by atoms with Gasteiger partial charge in [0.15, 0.2) is 0 Å². The lowest BCUT2D eigenvalue weighted by Crippen LogP contribution is -1.81. The number of allylic oxidation sites excluding steroid dienone is 1. The van der Waals surface area contributed by atoms with Crippen molar-refractivity contribution in [3.8, 4) is 0 Å². The second kappa shape index (κ2) is 15.2. The van der Waals surface area contributed by atoms with E-state index < -0.39 is 0 Å². The van der Waals surface area contributed by atoms with Gasteiger partial charge in [-0.1, -0.05) is 85.7 Å². The predicted octanol–water partition coefficient (Wildman–Crippen LogP) is 6.12. The first-order chi connectivity index (χ1) is 7.91. The van der Waals surface area contributed by atoms with Crippen LogP contribution in [0.2, 0.25) is 0 Å². The van der Waals surface area contributed by atoms with Gasteiger partial charge in [-0.2, -0.15) is 0 Å². The Hall–Kier alpha value is 0.170. The highest BCUT2D eigenvalue weighted by Crippen LogP contribution is 2.16. The van der Waals surface area contributed by atoms with Crippen LogP contribution in [0.3, 0.4) is 0 Å². The molecule has 0 spiro atoms. The van der Waals surface area contributed by atoms with Crippen LogP contribution in [0.5, 0.6) is 0 Å². The minimum Gasteiger partial charge on any atom is -0.0987 e. The van der Waals surface area contributed by atoms with Crippen LogP contribution in [0.15, 0.2) is 11.9 Å². The molecule has 0 saturated carbocycles. The van der Waals surface area contributed by atoms with Crippen LogP contribution in [0.4, 0.5) is 0 Å². The summed E-state index contributed by atoms with van der Waals surface area (Å²) in [5, 5.41) is 0. The fraction of sp³-hybridized carbons (Fsp3) is 0.867. The van der Waals surface area contributed by atoms with Gasteiger partial charge in [0.25, 0.3) is 0 Å². The third-order valence-corrected chi connectivity index (χ3v) is 3.98. The van der Waals surface area contributed by atoms with Crippen molar-refractivity contribution in [2.24, 2.45) is 0 Å². The van der Waals surface area contributed by atoms with Crippen molar-refractivity contribution in [3.05, 3.63) is 11.9 Å². The number of hydrogen-bond donors (Lipinski definition) is 0. The molecule has 0 aliphatic carbocycles. The topological polar surface area (TPSA) is 0 Å². The van der Waals surface area contributed by atoms with Crippen LogP contribution in [0, 0.1) is 0 Å². The number of hydrogen-bond acceptors (Lipinski definition) is 0. The Kier molecular flexibility index (Phi) is 15.3. The zero-order valence-corrected chi connectivity index (χ0v) is 12.4. The average molecular weight is 242 g/mol. The monoisotopic (exact) mass is 242 g/mol. The van der Waals surface area contributed by atoms with Crippen molar-refractivity contribution in [3.63, 3.8) is 0 Å². The molecule has 0 rings (SSSR count). The molecule has 0 aromatic heterocycles. The molecule has 1 atom stereocenters. The molecule has 96 valence electrons. The van der Waals surface area contributed by atoms with Crippen LogP contribution in [-0.2, 0) is 0 Å². The molecular weight excluding hydrogens is 211 g/mol. The number of rotatable bonds is 12. The van der Waals surface area contributed by atoms with E-state index in [1.54, 1.807) is 0 Å². The highest BCUT2D eigenvalue weighted by molar-refractivity contribution is 7.41. The zero-order chi connectivity index (χ0) is 11.9. The summed E-state index contributed by atoms with van der Waals surface area (Å²) in [6.45, 7) is 4.53. The second-order valence-corrected chi connectivity index (χ2v) is 5.86. The van der Waals surface area contributed by atoms with Crippen LogP contribution in [0.25, 0.3) is 0 Å². The minimum absolute atomic E-state index is 1.07.